The van der Waals surface area contributed by atoms with Gasteiger partial charge in [0.2, 0.25) is 0 Å². The fraction of sp³-hybridized carbons (Fsp3) is 0.857. The Balaban J connectivity index is 2.30. The first-order chi connectivity index (χ1) is 4.73. The minimum absolute atomic E-state index is 0.0833. The third-order valence-electron chi connectivity index (χ3n) is 2.55. The summed E-state index contributed by atoms with van der Waals surface area (Å²) in [5, 5.41) is 9.62. The molecule has 0 radical (unpaired) electrons. The van der Waals surface area contributed by atoms with E-state index in [0.29, 0.717) is 13.0 Å². The Morgan fingerprint density at radius 2 is 2.50 bits per heavy atom. The van der Waals surface area contributed by atoms with Crippen LogP contribution in [0.1, 0.15) is 19.3 Å². The number of hydrogen-bond acceptors (Lipinski definition) is 3. The number of cyclic esters (lactones) is 1. The lowest BCUT2D eigenvalue weighted by molar-refractivity contribution is -0.153. The van der Waals surface area contributed by atoms with Crippen molar-refractivity contribution in [3.63, 3.8) is 0 Å². The highest BCUT2D eigenvalue weighted by Crippen LogP contribution is 2.40. The summed E-state index contributed by atoms with van der Waals surface area (Å²) in [6.45, 7) is 0.426. The molecule has 0 bridgehead atoms. The van der Waals surface area contributed by atoms with Crippen LogP contribution in [0.5, 0.6) is 0 Å². The number of fused-ring (bicyclic) bond motifs is 1. The first-order valence-electron chi connectivity index (χ1n) is 3.63. The van der Waals surface area contributed by atoms with Gasteiger partial charge >= 0.3 is 5.97 Å². The zero-order valence-electron chi connectivity index (χ0n) is 5.67. The molecule has 1 aliphatic heterocycles. The molecule has 1 saturated carbocycles. The normalized spacial score (nSPS) is 45.3. The first kappa shape index (κ1) is 6.16. The molecule has 2 rings (SSSR count). The summed E-state index contributed by atoms with van der Waals surface area (Å²) in [5.41, 5.74) is -1.10. The van der Waals surface area contributed by atoms with Crippen LogP contribution in [0, 0.1) is 5.92 Å². The summed E-state index contributed by atoms with van der Waals surface area (Å²) in [5.74, 6) is -0.324. The molecular formula is C7H10O3. The van der Waals surface area contributed by atoms with Gasteiger partial charge < -0.3 is 9.84 Å². The Morgan fingerprint density at radius 1 is 1.70 bits per heavy atom. The number of aliphatic hydroxyl groups is 1. The number of hydrogen-bond donors (Lipinski definition) is 1. The van der Waals surface area contributed by atoms with E-state index >= 15 is 0 Å². The summed E-state index contributed by atoms with van der Waals surface area (Å²) in [7, 11) is 0. The van der Waals surface area contributed by atoms with Crippen molar-refractivity contribution in [2.24, 2.45) is 5.92 Å². The van der Waals surface area contributed by atoms with Crippen LogP contribution in [0.2, 0.25) is 0 Å². The second-order valence-corrected chi connectivity index (χ2v) is 3.11. The largest absolute Gasteiger partial charge is 0.463 e. The van der Waals surface area contributed by atoms with Gasteiger partial charge in [0, 0.05) is 5.92 Å². The molecule has 1 N–H and O–H groups in total. The molecule has 56 valence electrons. The quantitative estimate of drug-likeness (QED) is 0.487. The maximum Gasteiger partial charge on any atom is 0.338 e. The van der Waals surface area contributed by atoms with Crippen molar-refractivity contribution in [2.75, 3.05) is 6.61 Å². The van der Waals surface area contributed by atoms with Gasteiger partial charge in [-0.25, -0.2) is 4.79 Å². The van der Waals surface area contributed by atoms with Gasteiger partial charge in [-0.05, 0) is 19.3 Å². The van der Waals surface area contributed by atoms with E-state index in [-0.39, 0.29) is 5.92 Å². The van der Waals surface area contributed by atoms with Crippen LogP contribution in [0.25, 0.3) is 0 Å². The maximum atomic E-state index is 10.9. The molecule has 1 saturated heterocycles. The summed E-state index contributed by atoms with van der Waals surface area (Å²) in [6, 6.07) is 0. The first-order valence-corrected chi connectivity index (χ1v) is 3.63. The highest BCUT2D eigenvalue weighted by molar-refractivity contribution is 5.82. The van der Waals surface area contributed by atoms with Crippen molar-refractivity contribution in [3.05, 3.63) is 0 Å². The van der Waals surface area contributed by atoms with E-state index in [1.54, 1.807) is 0 Å². The van der Waals surface area contributed by atoms with Crippen molar-refractivity contribution >= 4 is 5.97 Å². The third-order valence-corrected chi connectivity index (χ3v) is 2.55. The van der Waals surface area contributed by atoms with E-state index in [1.807, 2.05) is 0 Å². The molecule has 0 amide bonds. The molecule has 0 spiro atoms. The molecule has 1 heterocycles. The van der Waals surface area contributed by atoms with Crippen molar-refractivity contribution in [3.8, 4) is 0 Å². The van der Waals surface area contributed by atoms with E-state index in [2.05, 4.69) is 0 Å². The predicted molar refractivity (Wildman–Crippen MR) is 33.2 cm³/mol. The van der Waals surface area contributed by atoms with E-state index < -0.39 is 11.6 Å². The number of carbonyl (C=O) groups excluding carboxylic acids is 1. The van der Waals surface area contributed by atoms with Crippen molar-refractivity contribution < 1.29 is 14.6 Å². The smallest absolute Gasteiger partial charge is 0.338 e. The van der Waals surface area contributed by atoms with E-state index in [1.165, 1.54) is 0 Å². The standard InChI is InChI=1S/C7H10O3/c8-6-7(9)3-1-2-5(7)4-10-6/h5,9H,1-4H2. The van der Waals surface area contributed by atoms with E-state index in [4.69, 9.17) is 4.74 Å². The van der Waals surface area contributed by atoms with Crippen LogP contribution in [0.15, 0.2) is 0 Å². The predicted octanol–water partition coefficient (Wildman–Crippen LogP) is 0.0744. The number of carbonyl (C=O) groups is 1. The molecule has 3 nitrogen and oxygen atoms in total. The molecule has 2 atom stereocenters. The van der Waals surface area contributed by atoms with Crippen LogP contribution in [0.4, 0.5) is 0 Å². The Bertz CT molecular complexity index is 178. The minimum Gasteiger partial charge on any atom is -0.463 e. The second-order valence-electron chi connectivity index (χ2n) is 3.11. The average Bonchev–Trinajstić information content (AvgIpc) is 2.36. The Kier molecular flexibility index (Phi) is 1.06. The van der Waals surface area contributed by atoms with Gasteiger partial charge in [-0.15, -0.1) is 0 Å². The lowest BCUT2D eigenvalue weighted by Gasteiger charge is -2.14. The Labute approximate surface area is 59.0 Å². The molecule has 10 heavy (non-hydrogen) atoms. The van der Waals surface area contributed by atoms with Crippen molar-refractivity contribution in [1.29, 1.82) is 0 Å². The number of esters is 1. The maximum absolute atomic E-state index is 10.9. The fourth-order valence-corrected chi connectivity index (χ4v) is 1.85. The zero-order valence-corrected chi connectivity index (χ0v) is 5.67. The van der Waals surface area contributed by atoms with Gasteiger partial charge in [0.05, 0.1) is 6.61 Å². The SMILES string of the molecule is O=C1OCC2CCCC12O. The van der Waals surface area contributed by atoms with Gasteiger partial charge in [-0.3, -0.25) is 0 Å². The molecule has 1 aliphatic carbocycles. The monoisotopic (exact) mass is 142 g/mol. The van der Waals surface area contributed by atoms with Crippen LogP contribution in [-0.2, 0) is 9.53 Å². The van der Waals surface area contributed by atoms with Crippen molar-refractivity contribution in [1.82, 2.24) is 0 Å². The van der Waals surface area contributed by atoms with Crippen LogP contribution in [0.3, 0.4) is 0 Å². The minimum atomic E-state index is -1.10. The van der Waals surface area contributed by atoms with Crippen LogP contribution >= 0.6 is 0 Å². The van der Waals surface area contributed by atoms with Gasteiger partial charge in [-0.1, -0.05) is 0 Å². The Hall–Kier alpha value is -0.570. The highest BCUT2D eigenvalue weighted by atomic mass is 16.6. The summed E-state index contributed by atoms with van der Waals surface area (Å²) >= 11 is 0. The lowest BCUT2D eigenvalue weighted by atomic mass is 9.95. The van der Waals surface area contributed by atoms with Gasteiger partial charge in [0.25, 0.3) is 0 Å². The number of rotatable bonds is 0. The van der Waals surface area contributed by atoms with E-state index in [0.717, 1.165) is 12.8 Å². The second kappa shape index (κ2) is 1.72. The highest BCUT2D eigenvalue weighted by Gasteiger charge is 2.53. The molecule has 2 aliphatic rings. The summed E-state index contributed by atoms with van der Waals surface area (Å²) in [6.07, 6.45) is 2.48. The molecular weight excluding hydrogens is 132 g/mol. The van der Waals surface area contributed by atoms with E-state index in [9.17, 15) is 9.90 Å². The molecule has 0 aromatic rings. The van der Waals surface area contributed by atoms with Crippen molar-refractivity contribution in [2.45, 2.75) is 24.9 Å². The van der Waals surface area contributed by atoms with Gasteiger partial charge in [-0.2, -0.15) is 0 Å². The number of ether oxygens (including phenoxy) is 1. The topological polar surface area (TPSA) is 46.5 Å². The van der Waals surface area contributed by atoms with Crippen LogP contribution in [-0.4, -0.2) is 23.3 Å². The molecule has 3 heteroatoms. The summed E-state index contributed by atoms with van der Waals surface area (Å²) < 4.78 is 4.73. The Morgan fingerprint density at radius 3 is 3.20 bits per heavy atom. The molecule has 2 unspecified atom stereocenters. The van der Waals surface area contributed by atoms with Gasteiger partial charge in [0.1, 0.15) is 0 Å². The molecule has 0 aromatic heterocycles. The third kappa shape index (κ3) is 0.560. The lowest BCUT2D eigenvalue weighted by Crippen LogP contribution is -2.36. The van der Waals surface area contributed by atoms with Gasteiger partial charge in [0.15, 0.2) is 5.60 Å². The summed E-state index contributed by atoms with van der Waals surface area (Å²) in [4.78, 5) is 10.9. The molecule has 2 fully saturated rings. The molecule has 0 aromatic carbocycles. The van der Waals surface area contributed by atoms with Crippen LogP contribution < -0.4 is 0 Å². The average molecular weight is 142 g/mol. The zero-order chi connectivity index (χ0) is 7.19. The fourth-order valence-electron chi connectivity index (χ4n) is 1.85.